The molecule has 1 aromatic carbocycles. The van der Waals surface area contributed by atoms with Gasteiger partial charge in [0.1, 0.15) is 4.90 Å². The van der Waals surface area contributed by atoms with Crippen LogP contribution in [0.3, 0.4) is 0 Å². The van der Waals surface area contributed by atoms with Crippen LogP contribution in [0.4, 0.5) is 5.69 Å². The van der Waals surface area contributed by atoms with Crippen LogP contribution in [0.15, 0.2) is 35.5 Å². The van der Waals surface area contributed by atoms with Crippen molar-refractivity contribution in [1.82, 2.24) is 9.78 Å². The Morgan fingerprint density at radius 2 is 2.11 bits per heavy atom. The van der Waals surface area contributed by atoms with E-state index in [9.17, 15) is 18.5 Å². The van der Waals surface area contributed by atoms with E-state index < -0.39 is 14.9 Å². The van der Waals surface area contributed by atoms with E-state index in [1.807, 2.05) is 0 Å². The zero-order valence-electron chi connectivity index (χ0n) is 9.85. The lowest BCUT2D eigenvalue weighted by atomic mass is 10.3. The lowest BCUT2D eigenvalue weighted by Gasteiger charge is -2.07. The Labute approximate surface area is 108 Å². The molecule has 0 bridgehead atoms. The zero-order chi connectivity index (χ0) is 14.2. The van der Waals surface area contributed by atoms with E-state index in [1.165, 1.54) is 23.0 Å². The second-order valence-electron chi connectivity index (χ2n) is 3.92. The summed E-state index contributed by atoms with van der Waals surface area (Å²) in [5, 5.41) is 19.7. The Hall–Kier alpha value is -2.26. The number of primary sulfonamides is 1. The van der Waals surface area contributed by atoms with Crippen LogP contribution in [0, 0.1) is 17.0 Å². The predicted octanol–water partition coefficient (Wildman–Crippen LogP) is 0.736. The molecular weight excluding hydrogens is 272 g/mol. The van der Waals surface area contributed by atoms with Crippen LogP contribution in [0.1, 0.15) is 5.56 Å². The van der Waals surface area contributed by atoms with Crippen molar-refractivity contribution >= 4 is 15.7 Å². The Bertz CT molecular complexity index is 751. The molecule has 0 atom stereocenters. The molecule has 19 heavy (non-hydrogen) atoms. The summed E-state index contributed by atoms with van der Waals surface area (Å²) in [7, 11) is -4.09. The van der Waals surface area contributed by atoms with Crippen LogP contribution in [0.2, 0.25) is 0 Å². The minimum Gasteiger partial charge on any atom is -0.258 e. The van der Waals surface area contributed by atoms with Gasteiger partial charge in [-0.15, -0.1) is 0 Å². The van der Waals surface area contributed by atoms with E-state index in [0.717, 1.165) is 11.6 Å². The van der Waals surface area contributed by atoms with Gasteiger partial charge in [0, 0.05) is 18.3 Å². The molecule has 100 valence electrons. The molecule has 0 aliphatic heterocycles. The molecule has 8 nitrogen and oxygen atoms in total. The number of aromatic nitrogens is 2. The third-order valence-electron chi connectivity index (χ3n) is 2.42. The van der Waals surface area contributed by atoms with Gasteiger partial charge < -0.3 is 0 Å². The fourth-order valence-electron chi connectivity index (χ4n) is 1.58. The number of nitro benzene ring substituents is 1. The molecule has 0 unspecified atom stereocenters. The molecule has 2 N–H and O–H groups in total. The smallest absolute Gasteiger partial charge is 0.258 e. The number of sulfonamides is 1. The second kappa shape index (κ2) is 4.44. The molecular formula is C10H10N4O4S. The highest BCUT2D eigenvalue weighted by Gasteiger charge is 2.20. The molecule has 0 spiro atoms. The number of nitro groups is 1. The second-order valence-corrected chi connectivity index (χ2v) is 5.45. The lowest BCUT2D eigenvalue weighted by molar-refractivity contribution is -0.385. The first-order valence-electron chi connectivity index (χ1n) is 5.12. The first-order valence-corrected chi connectivity index (χ1v) is 6.66. The topological polar surface area (TPSA) is 121 Å². The molecule has 1 aromatic heterocycles. The summed E-state index contributed by atoms with van der Waals surface area (Å²) >= 11 is 0. The van der Waals surface area contributed by atoms with Crippen LogP contribution in [0.5, 0.6) is 0 Å². The van der Waals surface area contributed by atoms with Crippen LogP contribution in [0.25, 0.3) is 5.69 Å². The van der Waals surface area contributed by atoms with E-state index in [-0.39, 0.29) is 16.3 Å². The number of nitrogens with two attached hydrogens (primary N) is 1. The standard InChI is InChI=1S/C10H10N4O4S/c1-7-5-12-13(6-7)9-3-2-8(14(15)16)4-10(9)19(11,17)18/h2-6H,1H3,(H2,11,17,18). The number of rotatable bonds is 3. The van der Waals surface area contributed by atoms with Gasteiger partial charge >= 0.3 is 0 Å². The maximum Gasteiger partial charge on any atom is 0.270 e. The number of non-ortho nitro benzene ring substituents is 1. The number of nitrogens with zero attached hydrogens (tertiary/aromatic N) is 3. The fourth-order valence-corrected chi connectivity index (χ4v) is 2.32. The molecule has 1 heterocycles. The van der Waals surface area contributed by atoms with E-state index in [0.29, 0.717) is 0 Å². The van der Waals surface area contributed by atoms with Crippen LogP contribution < -0.4 is 5.14 Å². The van der Waals surface area contributed by atoms with Gasteiger partial charge in [-0.3, -0.25) is 10.1 Å². The van der Waals surface area contributed by atoms with Crippen molar-refractivity contribution in [2.45, 2.75) is 11.8 Å². The van der Waals surface area contributed by atoms with Crippen molar-refractivity contribution in [3.8, 4) is 5.69 Å². The molecule has 0 saturated heterocycles. The van der Waals surface area contributed by atoms with Gasteiger partial charge in [-0.1, -0.05) is 0 Å². The highest BCUT2D eigenvalue weighted by molar-refractivity contribution is 7.89. The number of aryl methyl sites for hydroxylation is 1. The van der Waals surface area contributed by atoms with Gasteiger partial charge in [0.2, 0.25) is 10.0 Å². The molecule has 0 amide bonds. The summed E-state index contributed by atoms with van der Waals surface area (Å²) in [6.45, 7) is 1.78. The Morgan fingerprint density at radius 3 is 2.58 bits per heavy atom. The molecule has 0 aliphatic carbocycles. The fraction of sp³-hybridized carbons (Fsp3) is 0.100. The summed E-state index contributed by atoms with van der Waals surface area (Å²) in [5.41, 5.74) is 0.636. The van der Waals surface area contributed by atoms with Crippen LogP contribution >= 0.6 is 0 Å². The SMILES string of the molecule is Cc1cnn(-c2ccc([N+](=O)[O-])cc2S(N)(=O)=O)c1. The van der Waals surface area contributed by atoms with Gasteiger partial charge in [0.25, 0.3) is 5.69 Å². The van der Waals surface area contributed by atoms with E-state index in [4.69, 9.17) is 5.14 Å². The summed E-state index contributed by atoms with van der Waals surface area (Å²) in [6, 6.07) is 3.41. The van der Waals surface area contributed by atoms with E-state index in [2.05, 4.69) is 5.10 Å². The Balaban J connectivity index is 2.71. The van der Waals surface area contributed by atoms with Gasteiger partial charge in [-0.05, 0) is 18.6 Å². The van der Waals surface area contributed by atoms with Crippen molar-refractivity contribution in [1.29, 1.82) is 0 Å². The molecule has 2 aromatic rings. The normalized spacial score (nSPS) is 11.5. The number of benzene rings is 1. The third-order valence-corrected chi connectivity index (χ3v) is 3.36. The third kappa shape index (κ3) is 2.61. The van der Waals surface area contributed by atoms with E-state index >= 15 is 0 Å². The summed E-state index contributed by atoms with van der Waals surface area (Å²) in [5.74, 6) is 0. The van der Waals surface area contributed by atoms with Gasteiger partial charge in [-0.25, -0.2) is 18.2 Å². The molecule has 2 rings (SSSR count). The van der Waals surface area contributed by atoms with Gasteiger partial charge in [0.05, 0.1) is 16.8 Å². The molecule has 0 aliphatic rings. The maximum atomic E-state index is 11.5. The Kier molecular flexibility index (Phi) is 3.08. The van der Waals surface area contributed by atoms with Gasteiger partial charge in [0.15, 0.2) is 0 Å². The minimum atomic E-state index is -4.09. The first-order chi connectivity index (χ1) is 8.79. The Morgan fingerprint density at radius 1 is 1.42 bits per heavy atom. The molecule has 9 heteroatoms. The van der Waals surface area contributed by atoms with Crippen LogP contribution in [-0.2, 0) is 10.0 Å². The van der Waals surface area contributed by atoms with E-state index in [1.54, 1.807) is 13.1 Å². The van der Waals surface area contributed by atoms with Crippen molar-refractivity contribution in [2.24, 2.45) is 5.14 Å². The van der Waals surface area contributed by atoms with Crippen molar-refractivity contribution in [3.05, 3.63) is 46.3 Å². The van der Waals surface area contributed by atoms with Crippen LogP contribution in [-0.4, -0.2) is 23.1 Å². The predicted molar refractivity (Wildman–Crippen MR) is 66.3 cm³/mol. The quantitative estimate of drug-likeness (QED) is 0.657. The molecule has 0 fully saturated rings. The molecule has 0 saturated carbocycles. The highest BCUT2D eigenvalue weighted by atomic mass is 32.2. The average Bonchev–Trinajstić information content (AvgIpc) is 2.73. The zero-order valence-corrected chi connectivity index (χ0v) is 10.7. The van der Waals surface area contributed by atoms with Crippen molar-refractivity contribution in [2.75, 3.05) is 0 Å². The summed E-state index contributed by atoms with van der Waals surface area (Å²) in [4.78, 5) is 9.65. The number of hydrogen-bond donors (Lipinski definition) is 1. The average molecular weight is 282 g/mol. The maximum absolute atomic E-state index is 11.5. The lowest BCUT2D eigenvalue weighted by Crippen LogP contribution is -2.16. The van der Waals surface area contributed by atoms with Crippen molar-refractivity contribution in [3.63, 3.8) is 0 Å². The first kappa shape index (κ1) is 13.2. The summed E-state index contributed by atoms with van der Waals surface area (Å²) < 4.78 is 24.3. The molecule has 0 radical (unpaired) electrons. The summed E-state index contributed by atoms with van der Waals surface area (Å²) in [6.07, 6.45) is 3.13. The largest absolute Gasteiger partial charge is 0.270 e. The monoisotopic (exact) mass is 282 g/mol. The highest BCUT2D eigenvalue weighted by Crippen LogP contribution is 2.24. The number of hydrogen-bond acceptors (Lipinski definition) is 5. The van der Waals surface area contributed by atoms with Gasteiger partial charge in [-0.2, -0.15) is 5.10 Å². The minimum absolute atomic E-state index is 0.168. The van der Waals surface area contributed by atoms with Crippen molar-refractivity contribution < 1.29 is 13.3 Å².